The van der Waals surface area contributed by atoms with Gasteiger partial charge in [-0.25, -0.2) is 0 Å². The summed E-state index contributed by atoms with van der Waals surface area (Å²) in [5.41, 5.74) is 1.22. The molecule has 4 heteroatoms. The molecule has 2 N–H and O–H groups in total. The Hall–Kier alpha value is -1.26. The zero-order valence-corrected chi connectivity index (χ0v) is 10.5. The molecule has 1 aromatic carbocycles. The fraction of sp³-hybridized carbons (Fsp3) is 0.538. The maximum Gasteiger partial charge on any atom is 0.231 e. The van der Waals surface area contributed by atoms with Crippen LogP contribution < -0.4 is 20.1 Å². The molecular formula is C13H20N2O2. The van der Waals surface area contributed by atoms with E-state index in [0.717, 1.165) is 31.1 Å². The maximum atomic E-state index is 5.35. The Balaban J connectivity index is 1.83. The normalized spacial score (nSPS) is 14.9. The number of ether oxygens (including phenoxy) is 2. The molecule has 0 saturated carbocycles. The van der Waals surface area contributed by atoms with Crippen molar-refractivity contribution in [3.05, 3.63) is 23.8 Å². The lowest BCUT2D eigenvalue weighted by molar-refractivity contribution is 0.174. The Morgan fingerprint density at radius 3 is 2.94 bits per heavy atom. The Morgan fingerprint density at radius 2 is 2.12 bits per heavy atom. The van der Waals surface area contributed by atoms with E-state index in [2.05, 4.69) is 30.5 Å². The van der Waals surface area contributed by atoms with Crippen LogP contribution in [-0.2, 0) is 6.54 Å². The molecule has 1 heterocycles. The molecule has 1 aromatic rings. The van der Waals surface area contributed by atoms with Gasteiger partial charge in [-0.15, -0.1) is 0 Å². The van der Waals surface area contributed by atoms with Gasteiger partial charge in [0.25, 0.3) is 0 Å². The summed E-state index contributed by atoms with van der Waals surface area (Å²) in [6.07, 6.45) is 0. The number of benzene rings is 1. The van der Waals surface area contributed by atoms with E-state index in [1.165, 1.54) is 5.56 Å². The third-order valence-electron chi connectivity index (χ3n) is 2.79. The lowest BCUT2D eigenvalue weighted by Gasteiger charge is -2.14. The van der Waals surface area contributed by atoms with E-state index in [4.69, 9.17) is 9.47 Å². The monoisotopic (exact) mass is 236 g/mol. The fourth-order valence-electron chi connectivity index (χ4n) is 1.78. The second-order valence-corrected chi connectivity index (χ2v) is 4.28. The first kappa shape index (κ1) is 12.2. The Bertz CT molecular complexity index is 368. The fourth-order valence-corrected chi connectivity index (χ4v) is 1.78. The van der Waals surface area contributed by atoms with Crippen molar-refractivity contribution in [2.24, 2.45) is 0 Å². The van der Waals surface area contributed by atoms with Gasteiger partial charge >= 0.3 is 0 Å². The van der Waals surface area contributed by atoms with Crippen molar-refractivity contribution in [2.45, 2.75) is 26.4 Å². The Morgan fingerprint density at radius 1 is 1.29 bits per heavy atom. The van der Waals surface area contributed by atoms with Crippen LogP contribution in [0.4, 0.5) is 0 Å². The quantitative estimate of drug-likeness (QED) is 0.785. The molecule has 0 spiro atoms. The second-order valence-electron chi connectivity index (χ2n) is 4.28. The van der Waals surface area contributed by atoms with Crippen LogP contribution in [0.1, 0.15) is 19.4 Å². The van der Waals surface area contributed by atoms with Gasteiger partial charge in [0, 0.05) is 19.1 Å². The van der Waals surface area contributed by atoms with Gasteiger partial charge in [0.1, 0.15) is 0 Å². The van der Waals surface area contributed by atoms with Crippen molar-refractivity contribution < 1.29 is 9.47 Å². The Labute approximate surface area is 102 Å². The predicted octanol–water partition coefficient (Wildman–Crippen LogP) is 1.50. The summed E-state index contributed by atoms with van der Waals surface area (Å²) in [6.45, 7) is 7.48. The summed E-state index contributed by atoms with van der Waals surface area (Å²) in [6, 6.07) is 6.53. The number of hydrogen-bond acceptors (Lipinski definition) is 4. The SMILES string of the molecule is CCNCC(C)NCc1ccc2c(c1)OCO2. The number of likely N-dealkylation sites (N-methyl/N-ethyl adjacent to an activating group) is 1. The van der Waals surface area contributed by atoms with E-state index in [1.807, 2.05) is 12.1 Å². The van der Waals surface area contributed by atoms with E-state index in [9.17, 15) is 0 Å². The van der Waals surface area contributed by atoms with Crippen LogP contribution in [0.25, 0.3) is 0 Å². The zero-order chi connectivity index (χ0) is 12.1. The zero-order valence-electron chi connectivity index (χ0n) is 10.5. The molecule has 17 heavy (non-hydrogen) atoms. The van der Waals surface area contributed by atoms with Crippen molar-refractivity contribution >= 4 is 0 Å². The smallest absolute Gasteiger partial charge is 0.231 e. The highest BCUT2D eigenvalue weighted by Gasteiger charge is 2.13. The molecule has 0 radical (unpaired) electrons. The highest BCUT2D eigenvalue weighted by Crippen LogP contribution is 2.32. The topological polar surface area (TPSA) is 42.5 Å². The first-order chi connectivity index (χ1) is 8.29. The minimum Gasteiger partial charge on any atom is -0.454 e. The molecule has 94 valence electrons. The van der Waals surface area contributed by atoms with Crippen LogP contribution >= 0.6 is 0 Å². The van der Waals surface area contributed by atoms with E-state index >= 15 is 0 Å². The molecule has 0 saturated heterocycles. The van der Waals surface area contributed by atoms with Gasteiger partial charge < -0.3 is 20.1 Å². The average Bonchev–Trinajstić information content (AvgIpc) is 2.81. The minimum atomic E-state index is 0.336. The van der Waals surface area contributed by atoms with Crippen LogP contribution in [0, 0.1) is 0 Å². The van der Waals surface area contributed by atoms with Gasteiger partial charge in [-0.1, -0.05) is 13.0 Å². The summed E-state index contributed by atoms with van der Waals surface area (Å²) < 4.78 is 10.6. The molecule has 1 atom stereocenters. The van der Waals surface area contributed by atoms with Gasteiger partial charge in [-0.3, -0.25) is 0 Å². The van der Waals surface area contributed by atoms with Crippen molar-refractivity contribution in [3.63, 3.8) is 0 Å². The third kappa shape index (κ3) is 3.35. The van der Waals surface area contributed by atoms with E-state index in [0.29, 0.717) is 12.8 Å². The summed E-state index contributed by atoms with van der Waals surface area (Å²) in [4.78, 5) is 0. The van der Waals surface area contributed by atoms with Crippen LogP contribution in [0.3, 0.4) is 0 Å². The largest absolute Gasteiger partial charge is 0.454 e. The molecule has 0 aromatic heterocycles. The van der Waals surface area contributed by atoms with Gasteiger partial charge in [-0.2, -0.15) is 0 Å². The van der Waals surface area contributed by atoms with Gasteiger partial charge in [0.2, 0.25) is 6.79 Å². The summed E-state index contributed by atoms with van der Waals surface area (Å²) in [5.74, 6) is 1.69. The van der Waals surface area contributed by atoms with Crippen molar-refractivity contribution in [2.75, 3.05) is 19.9 Å². The van der Waals surface area contributed by atoms with Crippen molar-refractivity contribution in [1.29, 1.82) is 0 Å². The minimum absolute atomic E-state index is 0.336. The highest BCUT2D eigenvalue weighted by atomic mass is 16.7. The maximum absolute atomic E-state index is 5.35. The highest BCUT2D eigenvalue weighted by molar-refractivity contribution is 5.44. The van der Waals surface area contributed by atoms with E-state index in [-0.39, 0.29) is 0 Å². The van der Waals surface area contributed by atoms with Gasteiger partial charge in [-0.05, 0) is 31.2 Å². The molecule has 0 amide bonds. The molecule has 1 unspecified atom stereocenters. The molecule has 1 aliphatic heterocycles. The van der Waals surface area contributed by atoms with E-state index < -0.39 is 0 Å². The predicted molar refractivity (Wildman–Crippen MR) is 67.4 cm³/mol. The number of hydrogen-bond donors (Lipinski definition) is 2. The molecule has 0 bridgehead atoms. The lowest BCUT2D eigenvalue weighted by atomic mass is 10.2. The summed E-state index contributed by atoms with van der Waals surface area (Å²) >= 11 is 0. The number of nitrogens with one attached hydrogen (secondary N) is 2. The van der Waals surface area contributed by atoms with Gasteiger partial charge in [0.15, 0.2) is 11.5 Å². The average molecular weight is 236 g/mol. The first-order valence-electron chi connectivity index (χ1n) is 6.12. The lowest BCUT2D eigenvalue weighted by Crippen LogP contribution is -2.35. The molecule has 0 fully saturated rings. The number of rotatable bonds is 6. The summed E-state index contributed by atoms with van der Waals surface area (Å²) in [7, 11) is 0. The molecule has 4 nitrogen and oxygen atoms in total. The standard InChI is InChI=1S/C13H20N2O2/c1-3-14-7-10(2)15-8-11-4-5-12-13(6-11)17-9-16-12/h4-6,10,14-15H,3,7-9H2,1-2H3. The summed E-state index contributed by atoms with van der Waals surface area (Å²) in [5, 5.41) is 6.78. The molecule has 1 aliphatic rings. The third-order valence-corrected chi connectivity index (χ3v) is 2.79. The molecule has 2 rings (SSSR count). The Kier molecular flexibility index (Phi) is 4.23. The van der Waals surface area contributed by atoms with Crippen LogP contribution in [0.5, 0.6) is 11.5 Å². The van der Waals surface area contributed by atoms with Crippen LogP contribution in [-0.4, -0.2) is 25.9 Å². The number of fused-ring (bicyclic) bond motifs is 1. The molecular weight excluding hydrogens is 216 g/mol. The molecule has 0 aliphatic carbocycles. The van der Waals surface area contributed by atoms with Gasteiger partial charge in [0.05, 0.1) is 0 Å². The van der Waals surface area contributed by atoms with Crippen molar-refractivity contribution in [3.8, 4) is 11.5 Å². The van der Waals surface area contributed by atoms with Crippen molar-refractivity contribution in [1.82, 2.24) is 10.6 Å². The van der Waals surface area contributed by atoms with Crippen LogP contribution in [0.15, 0.2) is 18.2 Å². The van der Waals surface area contributed by atoms with Crippen LogP contribution in [0.2, 0.25) is 0 Å². The van der Waals surface area contributed by atoms with E-state index in [1.54, 1.807) is 0 Å². The second kappa shape index (κ2) is 5.89. The first-order valence-corrected chi connectivity index (χ1v) is 6.12.